The van der Waals surface area contributed by atoms with Crippen LogP contribution in [0.1, 0.15) is 43.4 Å². The van der Waals surface area contributed by atoms with Crippen LogP contribution in [0.4, 0.5) is 11.6 Å². The number of pyridine rings is 1. The van der Waals surface area contributed by atoms with Crippen molar-refractivity contribution in [2.24, 2.45) is 0 Å². The summed E-state index contributed by atoms with van der Waals surface area (Å²) in [6.07, 6.45) is 9.95. The number of anilines is 2. The van der Waals surface area contributed by atoms with E-state index >= 15 is 0 Å². The average molecular weight is 341 g/mol. The highest BCUT2D eigenvalue weighted by Crippen LogP contribution is 2.22. The summed E-state index contributed by atoms with van der Waals surface area (Å²) in [5, 5.41) is 3.39. The Morgan fingerprint density at radius 2 is 1.88 bits per heavy atom. The van der Waals surface area contributed by atoms with Gasteiger partial charge < -0.3 is 15.0 Å². The monoisotopic (exact) mass is 341 g/mol. The molecule has 6 heteroatoms. The number of methoxy groups -OCH3 is 1. The predicted molar refractivity (Wildman–Crippen MR) is 99.6 cm³/mol. The van der Waals surface area contributed by atoms with Gasteiger partial charge in [-0.2, -0.15) is 0 Å². The molecule has 1 aliphatic rings. The Morgan fingerprint density at radius 3 is 2.68 bits per heavy atom. The van der Waals surface area contributed by atoms with E-state index in [1.165, 1.54) is 37.7 Å². The lowest BCUT2D eigenvalue weighted by atomic mass is 10.1. The van der Waals surface area contributed by atoms with Crippen LogP contribution < -0.4 is 10.2 Å². The maximum Gasteiger partial charge on any atom is 0.133 e. The van der Waals surface area contributed by atoms with E-state index in [9.17, 15) is 0 Å². The second kappa shape index (κ2) is 9.32. The summed E-state index contributed by atoms with van der Waals surface area (Å²) >= 11 is 0. The molecule has 0 atom stereocenters. The standard InChI is InChI=1S/C19H27N5O/c1-25-14-17-12-18(23-15-22-17)21-13-16-8-7-9-20-19(16)24-10-5-3-2-4-6-11-24/h7-9,12,15H,2-6,10-11,13-14H2,1H3,(H,21,22,23). The minimum atomic E-state index is 0.489. The largest absolute Gasteiger partial charge is 0.378 e. The van der Waals surface area contributed by atoms with Gasteiger partial charge in [-0.15, -0.1) is 0 Å². The molecule has 0 aromatic carbocycles. The number of aromatic nitrogens is 3. The fraction of sp³-hybridized carbons (Fsp3) is 0.526. The fourth-order valence-corrected chi connectivity index (χ4v) is 3.22. The summed E-state index contributed by atoms with van der Waals surface area (Å²) in [6, 6.07) is 6.07. The summed E-state index contributed by atoms with van der Waals surface area (Å²) in [6.45, 7) is 3.37. The zero-order valence-corrected chi connectivity index (χ0v) is 14.9. The Balaban J connectivity index is 1.69. The van der Waals surface area contributed by atoms with Crippen molar-refractivity contribution in [3.8, 4) is 0 Å². The van der Waals surface area contributed by atoms with Gasteiger partial charge in [0.2, 0.25) is 0 Å². The molecule has 2 aromatic heterocycles. The van der Waals surface area contributed by atoms with Crippen LogP contribution in [0.3, 0.4) is 0 Å². The smallest absolute Gasteiger partial charge is 0.133 e. The molecule has 1 saturated heterocycles. The fourth-order valence-electron chi connectivity index (χ4n) is 3.22. The van der Waals surface area contributed by atoms with Crippen molar-refractivity contribution in [1.82, 2.24) is 15.0 Å². The molecule has 1 aliphatic heterocycles. The highest BCUT2D eigenvalue weighted by atomic mass is 16.5. The van der Waals surface area contributed by atoms with Gasteiger partial charge in [0.25, 0.3) is 0 Å². The van der Waals surface area contributed by atoms with E-state index in [2.05, 4.69) is 31.2 Å². The molecule has 25 heavy (non-hydrogen) atoms. The van der Waals surface area contributed by atoms with Crippen molar-refractivity contribution in [3.63, 3.8) is 0 Å². The molecule has 6 nitrogen and oxygen atoms in total. The van der Waals surface area contributed by atoms with Crippen molar-refractivity contribution in [2.45, 2.75) is 45.3 Å². The third-order valence-corrected chi connectivity index (χ3v) is 4.50. The molecule has 0 amide bonds. The third kappa shape index (κ3) is 5.13. The van der Waals surface area contributed by atoms with Crippen LogP contribution in [0.5, 0.6) is 0 Å². The Hall–Kier alpha value is -2.21. The first-order valence-corrected chi connectivity index (χ1v) is 9.09. The van der Waals surface area contributed by atoms with Gasteiger partial charge in [-0.05, 0) is 18.9 Å². The van der Waals surface area contributed by atoms with Gasteiger partial charge in [0, 0.05) is 44.6 Å². The topological polar surface area (TPSA) is 63.2 Å². The molecule has 2 aromatic rings. The summed E-state index contributed by atoms with van der Waals surface area (Å²) in [5.41, 5.74) is 2.07. The number of hydrogen-bond acceptors (Lipinski definition) is 6. The highest BCUT2D eigenvalue weighted by Gasteiger charge is 2.14. The Bertz CT molecular complexity index is 656. The lowest BCUT2D eigenvalue weighted by Gasteiger charge is -2.27. The van der Waals surface area contributed by atoms with Crippen LogP contribution in [-0.2, 0) is 17.9 Å². The second-order valence-electron chi connectivity index (χ2n) is 6.42. The quantitative estimate of drug-likeness (QED) is 0.869. The number of rotatable bonds is 6. The Labute approximate surface area is 149 Å². The van der Waals surface area contributed by atoms with E-state index in [0.717, 1.165) is 30.4 Å². The van der Waals surface area contributed by atoms with Crippen molar-refractivity contribution in [3.05, 3.63) is 42.0 Å². The van der Waals surface area contributed by atoms with E-state index in [4.69, 9.17) is 4.74 Å². The van der Waals surface area contributed by atoms with Crippen LogP contribution in [0.15, 0.2) is 30.7 Å². The molecule has 3 rings (SSSR count). The number of hydrogen-bond donors (Lipinski definition) is 1. The van der Waals surface area contributed by atoms with Gasteiger partial charge in [0.15, 0.2) is 0 Å². The summed E-state index contributed by atoms with van der Waals surface area (Å²) in [5.74, 6) is 1.91. The van der Waals surface area contributed by atoms with E-state index in [1.807, 2.05) is 18.3 Å². The van der Waals surface area contributed by atoms with E-state index in [0.29, 0.717) is 13.2 Å². The molecule has 0 unspecified atom stereocenters. The van der Waals surface area contributed by atoms with Crippen molar-refractivity contribution >= 4 is 11.6 Å². The van der Waals surface area contributed by atoms with Gasteiger partial charge in [-0.25, -0.2) is 15.0 Å². The first-order valence-electron chi connectivity index (χ1n) is 9.09. The van der Waals surface area contributed by atoms with E-state index in [1.54, 1.807) is 13.4 Å². The van der Waals surface area contributed by atoms with Crippen molar-refractivity contribution in [1.29, 1.82) is 0 Å². The molecule has 0 bridgehead atoms. The number of nitrogens with one attached hydrogen (secondary N) is 1. The molecular weight excluding hydrogens is 314 g/mol. The van der Waals surface area contributed by atoms with Crippen LogP contribution in [-0.4, -0.2) is 35.2 Å². The molecule has 0 aliphatic carbocycles. The lowest BCUT2D eigenvalue weighted by Crippen LogP contribution is -2.29. The molecule has 0 saturated carbocycles. The maximum atomic E-state index is 5.13. The zero-order valence-electron chi connectivity index (χ0n) is 14.9. The maximum absolute atomic E-state index is 5.13. The molecule has 1 N–H and O–H groups in total. The molecule has 0 radical (unpaired) electrons. The Kier molecular flexibility index (Phi) is 6.56. The van der Waals surface area contributed by atoms with E-state index < -0.39 is 0 Å². The number of ether oxygens (including phenoxy) is 1. The molecule has 0 spiro atoms. The van der Waals surface area contributed by atoms with Crippen LogP contribution in [0.25, 0.3) is 0 Å². The lowest BCUT2D eigenvalue weighted by molar-refractivity contribution is 0.181. The normalized spacial score (nSPS) is 15.5. The van der Waals surface area contributed by atoms with Gasteiger partial charge in [0.05, 0.1) is 12.3 Å². The minimum absolute atomic E-state index is 0.489. The van der Waals surface area contributed by atoms with Gasteiger partial charge in [-0.3, -0.25) is 0 Å². The molecule has 134 valence electrons. The molecule has 3 heterocycles. The predicted octanol–water partition coefficient (Wildman–Crippen LogP) is 3.40. The summed E-state index contributed by atoms with van der Waals surface area (Å²) in [7, 11) is 1.67. The average Bonchev–Trinajstić information content (AvgIpc) is 2.61. The summed E-state index contributed by atoms with van der Waals surface area (Å²) < 4.78 is 5.13. The Morgan fingerprint density at radius 1 is 1.08 bits per heavy atom. The zero-order chi connectivity index (χ0) is 17.3. The van der Waals surface area contributed by atoms with Crippen LogP contribution in [0.2, 0.25) is 0 Å². The van der Waals surface area contributed by atoms with Gasteiger partial charge in [0.1, 0.15) is 18.0 Å². The van der Waals surface area contributed by atoms with E-state index in [-0.39, 0.29) is 0 Å². The van der Waals surface area contributed by atoms with Gasteiger partial charge >= 0.3 is 0 Å². The number of nitrogens with zero attached hydrogens (tertiary/aromatic N) is 4. The van der Waals surface area contributed by atoms with Gasteiger partial charge in [-0.1, -0.05) is 25.3 Å². The third-order valence-electron chi connectivity index (χ3n) is 4.50. The van der Waals surface area contributed by atoms with Crippen LogP contribution in [0, 0.1) is 0 Å². The summed E-state index contributed by atoms with van der Waals surface area (Å²) in [4.78, 5) is 15.6. The minimum Gasteiger partial charge on any atom is -0.378 e. The SMILES string of the molecule is COCc1cc(NCc2cccnc2N2CCCCCCC2)ncn1. The van der Waals surface area contributed by atoms with Crippen molar-refractivity contribution < 1.29 is 4.74 Å². The second-order valence-corrected chi connectivity index (χ2v) is 6.42. The van der Waals surface area contributed by atoms with Crippen LogP contribution >= 0.6 is 0 Å². The first-order chi connectivity index (χ1) is 12.4. The molecular formula is C19H27N5O. The first kappa shape index (κ1) is 17.6. The highest BCUT2D eigenvalue weighted by molar-refractivity contribution is 5.49. The molecule has 1 fully saturated rings. The van der Waals surface area contributed by atoms with Crippen molar-refractivity contribution in [2.75, 3.05) is 30.4 Å².